The Bertz CT molecular complexity index is 895. The van der Waals surface area contributed by atoms with Gasteiger partial charge in [0.05, 0.1) is 27.0 Å². The minimum atomic E-state index is -0.544. The highest BCUT2D eigenvalue weighted by Crippen LogP contribution is 2.27. The number of rotatable bonds is 4. The van der Waals surface area contributed by atoms with Crippen molar-refractivity contribution in [2.75, 3.05) is 7.11 Å². The van der Waals surface area contributed by atoms with Crippen molar-refractivity contribution in [3.8, 4) is 0 Å². The van der Waals surface area contributed by atoms with E-state index < -0.39 is 15.8 Å². The first kappa shape index (κ1) is 22.0. The second-order valence-electron chi connectivity index (χ2n) is 5.29. The number of aryl methyl sites for hydroxylation is 2. The largest absolute Gasteiger partial charge is 0.466 e. The van der Waals surface area contributed by atoms with Crippen LogP contribution in [0.3, 0.4) is 0 Å². The molecule has 0 aliphatic carbocycles. The van der Waals surface area contributed by atoms with Gasteiger partial charge in [0.2, 0.25) is 0 Å². The lowest BCUT2D eigenvalue weighted by atomic mass is 10.1. The van der Waals surface area contributed by atoms with Gasteiger partial charge in [0.15, 0.2) is 0 Å². The molecule has 0 spiro atoms. The summed E-state index contributed by atoms with van der Waals surface area (Å²) in [6.45, 7) is 3.56. The van der Waals surface area contributed by atoms with Gasteiger partial charge in [0.25, 0.3) is 11.4 Å². The van der Waals surface area contributed by atoms with E-state index in [0.717, 1.165) is 17.2 Å². The molecule has 9 heteroatoms. The van der Waals surface area contributed by atoms with Crippen molar-refractivity contribution >= 4 is 39.4 Å². The van der Waals surface area contributed by atoms with Crippen LogP contribution in [0.4, 0.5) is 11.4 Å². The second-order valence-corrected chi connectivity index (χ2v) is 6.08. The highest BCUT2D eigenvalue weighted by molar-refractivity contribution is 9.10. The van der Waals surface area contributed by atoms with Crippen LogP contribution in [-0.2, 0) is 9.53 Å². The number of hydrogen-bond acceptors (Lipinski definition) is 6. The number of halogens is 1. The Morgan fingerprint density at radius 3 is 2.00 bits per heavy atom. The van der Waals surface area contributed by atoms with Crippen LogP contribution in [0.25, 0.3) is 6.08 Å². The summed E-state index contributed by atoms with van der Waals surface area (Å²) in [5.41, 5.74) is 2.11. The molecular formula is C18H17BrN2O6. The summed E-state index contributed by atoms with van der Waals surface area (Å²) < 4.78 is 4.98. The first-order valence-electron chi connectivity index (χ1n) is 7.58. The van der Waals surface area contributed by atoms with Crippen LogP contribution in [-0.4, -0.2) is 22.9 Å². The quantitative estimate of drug-likeness (QED) is 0.295. The minimum Gasteiger partial charge on any atom is -0.466 e. The van der Waals surface area contributed by atoms with Gasteiger partial charge in [0, 0.05) is 18.2 Å². The molecule has 27 heavy (non-hydrogen) atoms. The maximum atomic E-state index is 10.9. The minimum absolute atomic E-state index is 0.0276. The average Bonchev–Trinajstić information content (AvgIpc) is 2.62. The molecule has 0 amide bonds. The number of esters is 1. The number of hydrogen-bond donors (Lipinski definition) is 0. The Morgan fingerprint density at radius 1 is 1.00 bits per heavy atom. The van der Waals surface area contributed by atoms with Gasteiger partial charge in [-0.15, -0.1) is 0 Å². The summed E-state index contributed by atoms with van der Waals surface area (Å²) in [6.07, 6.45) is 2.55. The van der Waals surface area contributed by atoms with E-state index in [4.69, 9.17) is 0 Å². The molecule has 2 rings (SSSR count). The summed E-state index contributed by atoms with van der Waals surface area (Å²) in [4.78, 5) is 31.1. The molecule has 0 saturated heterocycles. The molecule has 2 aromatic carbocycles. The van der Waals surface area contributed by atoms with Crippen LogP contribution < -0.4 is 0 Å². The lowest BCUT2D eigenvalue weighted by Crippen LogP contribution is -1.96. The predicted molar refractivity (Wildman–Crippen MR) is 104 cm³/mol. The average molecular weight is 437 g/mol. The van der Waals surface area contributed by atoms with Crippen molar-refractivity contribution in [3.63, 3.8) is 0 Å². The molecule has 0 aromatic heterocycles. The van der Waals surface area contributed by atoms with E-state index >= 15 is 0 Å². The van der Waals surface area contributed by atoms with Gasteiger partial charge >= 0.3 is 5.97 Å². The third-order valence-corrected chi connectivity index (χ3v) is 4.48. The van der Waals surface area contributed by atoms with Crippen molar-refractivity contribution in [2.24, 2.45) is 0 Å². The van der Waals surface area contributed by atoms with E-state index in [0.29, 0.717) is 10.0 Å². The van der Waals surface area contributed by atoms with Gasteiger partial charge in [-0.25, -0.2) is 4.79 Å². The monoisotopic (exact) mass is 436 g/mol. The zero-order valence-electron chi connectivity index (χ0n) is 14.8. The number of carbonyl (C=O) groups is 1. The van der Waals surface area contributed by atoms with E-state index in [1.54, 1.807) is 25.1 Å². The molecular weight excluding hydrogens is 420 g/mol. The topological polar surface area (TPSA) is 113 Å². The van der Waals surface area contributed by atoms with Crippen LogP contribution in [0, 0.1) is 34.1 Å². The number of methoxy groups -OCH3 is 1. The summed E-state index contributed by atoms with van der Waals surface area (Å²) in [7, 11) is 1.25. The maximum Gasteiger partial charge on any atom is 0.330 e. The third kappa shape index (κ3) is 6.30. The molecule has 0 heterocycles. The Hall–Kier alpha value is -3.07. The molecule has 0 atom stereocenters. The number of ether oxygens (including phenoxy) is 1. The highest BCUT2D eigenvalue weighted by Gasteiger charge is 2.13. The Kier molecular flexibility index (Phi) is 8.28. The molecule has 142 valence electrons. The van der Waals surface area contributed by atoms with Crippen molar-refractivity contribution in [2.45, 2.75) is 13.8 Å². The summed E-state index contributed by atoms with van der Waals surface area (Å²) in [5, 5.41) is 21.1. The Morgan fingerprint density at radius 2 is 1.52 bits per heavy atom. The molecule has 0 aliphatic heterocycles. The Balaban J connectivity index is 0.000000289. The van der Waals surface area contributed by atoms with Gasteiger partial charge in [0.1, 0.15) is 0 Å². The molecule has 0 fully saturated rings. The van der Waals surface area contributed by atoms with Crippen LogP contribution in [0.2, 0.25) is 0 Å². The fraction of sp³-hybridized carbons (Fsp3) is 0.167. The normalized spacial score (nSPS) is 10.1. The molecule has 0 N–H and O–H groups in total. The zero-order chi connectivity index (χ0) is 20.6. The summed E-state index contributed by atoms with van der Waals surface area (Å²) in [5.74, 6) is -0.544. The van der Waals surface area contributed by atoms with Gasteiger partial charge in [-0.3, -0.25) is 20.2 Å². The van der Waals surface area contributed by atoms with Gasteiger partial charge in [-0.1, -0.05) is 24.3 Å². The number of benzene rings is 2. The first-order chi connectivity index (χ1) is 12.7. The molecule has 0 saturated carbocycles. The molecule has 0 radical (unpaired) electrons. The smallest absolute Gasteiger partial charge is 0.330 e. The first-order valence-corrected chi connectivity index (χ1v) is 8.37. The van der Waals surface area contributed by atoms with E-state index in [1.165, 1.54) is 25.3 Å². The number of carbonyl (C=O) groups excluding carboxylic acids is 1. The number of nitro benzene ring substituents is 2. The zero-order valence-corrected chi connectivity index (χ0v) is 16.4. The van der Waals surface area contributed by atoms with E-state index in [1.807, 2.05) is 13.0 Å². The van der Waals surface area contributed by atoms with E-state index in [2.05, 4.69) is 20.7 Å². The fourth-order valence-corrected chi connectivity index (χ4v) is 2.44. The van der Waals surface area contributed by atoms with Gasteiger partial charge < -0.3 is 4.74 Å². The summed E-state index contributed by atoms with van der Waals surface area (Å²) in [6, 6.07) is 9.68. The van der Waals surface area contributed by atoms with Crippen LogP contribution >= 0.6 is 15.9 Å². The van der Waals surface area contributed by atoms with Crippen LogP contribution in [0.5, 0.6) is 0 Å². The van der Waals surface area contributed by atoms with Gasteiger partial charge in [-0.05, 0) is 47.0 Å². The van der Waals surface area contributed by atoms with Crippen molar-refractivity contribution in [3.05, 3.63) is 83.9 Å². The van der Waals surface area contributed by atoms with Crippen molar-refractivity contribution in [1.82, 2.24) is 0 Å². The fourth-order valence-electron chi connectivity index (χ4n) is 2.03. The molecule has 2 aromatic rings. The number of nitro groups is 2. The summed E-state index contributed by atoms with van der Waals surface area (Å²) >= 11 is 3.14. The standard InChI is InChI=1S/C11H11NO4.C7H6BrNO2/c1-8-4-3-5-10(12(14)15)9(8)6-7-11(13)16-2;1-5-3-2-4-6(7(5)8)9(10)11/h3-7H,1-2H3;2-4H,1H3. The lowest BCUT2D eigenvalue weighted by Gasteiger charge is -2.01. The molecule has 0 unspecified atom stereocenters. The highest BCUT2D eigenvalue weighted by atomic mass is 79.9. The Labute approximate surface area is 163 Å². The van der Waals surface area contributed by atoms with Crippen molar-refractivity contribution < 1.29 is 19.4 Å². The molecule has 0 bridgehead atoms. The van der Waals surface area contributed by atoms with Gasteiger partial charge in [-0.2, -0.15) is 0 Å². The van der Waals surface area contributed by atoms with E-state index in [-0.39, 0.29) is 11.4 Å². The van der Waals surface area contributed by atoms with Crippen LogP contribution in [0.1, 0.15) is 16.7 Å². The predicted octanol–water partition coefficient (Wildman–Crippen LogP) is 4.76. The molecule has 8 nitrogen and oxygen atoms in total. The van der Waals surface area contributed by atoms with Crippen molar-refractivity contribution in [1.29, 1.82) is 0 Å². The second kappa shape index (κ2) is 10.2. The van der Waals surface area contributed by atoms with Crippen LogP contribution in [0.15, 0.2) is 46.9 Å². The SMILES string of the molecule is COC(=O)C=Cc1c(C)cccc1[N+](=O)[O-].Cc1cccc([N+](=O)[O-])c1Br. The maximum absolute atomic E-state index is 10.9. The molecule has 0 aliphatic rings. The third-order valence-electron chi connectivity index (χ3n) is 3.45. The van der Waals surface area contributed by atoms with E-state index in [9.17, 15) is 25.0 Å². The lowest BCUT2D eigenvalue weighted by molar-refractivity contribution is -0.385. The number of nitrogens with zero attached hydrogens (tertiary/aromatic N) is 2.